The highest BCUT2D eigenvalue weighted by molar-refractivity contribution is 5.98. The predicted octanol–water partition coefficient (Wildman–Crippen LogP) is 1.82. The van der Waals surface area contributed by atoms with Crippen molar-refractivity contribution in [2.24, 2.45) is 5.41 Å². The van der Waals surface area contributed by atoms with Crippen LogP contribution in [0, 0.1) is 5.41 Å². The Morgan fingerprint density at radius 1 is 1.24 bits per heavy atom. The molecule has 1 spiro atoms. The molecular weight excluding hydrogens is 318 g/mol. The summed E-state index contributed by atoms with van der Waals surface area (Å²) in [5.41, 5.74) is 1.66. The average Bonchev–Trinajstić information content (AvgIpc) is 3.26. The number of piperidine rings is 1. The topological polar surface area (TPSA) is 82.2 Å². The van der Waals surface area contributed by atoms with Gasteiger partial charge in [0, 0.05) is 31.7 Å². The number of nitrogens with zero attached hydrogens (tertiary/aromatic N) is 4. The fraction of sp³-hybridized carbons (Fsp3) is 0.556. The maximum absolute atomic E-state index is 12.9. The molecule has 1 N–H and O–H groups in total. The number of carbonyl (C=O) groups is 2. The van der Waals surface area contributed by atoms with Crippen molar-refractivity contribution in [2.75, 3.05) is 26.2 Å². The number of hydrogen-bond acceptors (Lipinski definition) is 4. The van der Waals surface area contributed by atoms with Gasteiger partial charge in [-0.05, 0) is 43.9 Å². The molecular formula is C18H23N5O2. The van der Waals surface area contributed by atoms with Gasteiger partial charge in [0.15, 0.2) is 0 Å². The van der Waals surface area contributed by atoms with Crippen molar-refractivity contribution in [1.29, 1.82) is 0 Å². The van der Waals surface area contributed by atoms with Crippen molar-refractivity contribution >= 4 is 22.8 Å². The van der Waals surface area contributed by atoms with E-state index in [1.54, 1.807) is 18.2 Å². The molecule has 132 valence electrons. The molecule has 3 heterocycles. The summed E-state index contributed by atoms with van der Waals surface area (Å²) in [6.07, 6.45) is 3.66. The van der Waals surface area contributed by atoms with Crippen LogP contribution in [0.15, 0.2) is 18.2 Å². The number of aromatic nitrogens is 3. The first-order chi connectivity index (χ1) is 12.1. The van der Waals surface area contributed by atoms with Crippen LogP contribution in [-0.2, 0) is 4.79 Å². The minimum absolute atomic E-state index is 0.0258. The number of H-pyrrole nitrogens is 1. The van der Waals surface area contributed by atoms with Crippen molar-refractivity contribution < 1.29 is 9.59 Å². The first-order valence-corrected chi connectivity index (χ1v) is 9.02. The van der Waals surface area contributed by atoms with Gasteiger partial charge in [-0.15, -0.1) is 0 Å². The maximum Gasteiger partial charge on any atom is 0.253 e. The Kier molecular flexibility index (Phi) is 3.94. The Bertz CT molecular complexity index is 815. The Hall–Kier alpha value is -2.44. The molecule has 7 heteroatoms. The molecule has 2 aromatic rings. The summed E-state index contributed by atoms with van der Waals surface area (Å²) in [7, 11) is 0. The molecule has 0 aliphatic carbocycles. The molecule has 2 saturated heterocycles. The van der Waals surface area contributed by atoms with E-state index in [2.05, 4.69) is 22.3 Å². The number of rotatable bonds is 3. The number of aromatic amines is 1. The highest BCUT2D eigenvalue weighted by Crippen LogP contribution is 2.40. The standard InChI is InChI=1S/C18H23N5O2/c1-2-8-22-9-3-6-18(17(22)25)7-10-23(12-18)16(24)13-4-5-14-15(11-13)20-21-19-14/h4-5,11H,2-3,6-10,12H2,1H3,(H,19,20,21). The lowest BCUT2D eigenvalue weighted by molar-refractivity contribution is -0.145. The highest BCUT2D eigenvalue weighted by atomic mass is 16.2. The molecule has 2 aliphatic heterocycles. The van der Waals surface area contributed by atoms with Crippen molar-refractivity contribution in [1.82, 2.24) is 25.2 Å². The minimum Gasteiger partial charge on any atom is -0.342 e. The number of amides is 2. The van der Waals surface area contributed by atoms with E-state index in [0.717, 1.165) is 44.3 Å². The van der Waals surface area contributed by atoms with Gasteiger partial charge in [-0.1, -0.05) is 6.92 Å². The van der Waals surface area contributed by atoms with Gasteiger partial charge in [0.2, 0.25) is 5.91 Å². The molecule has 25 heavy (non-hydrogen) atoms. The lowest BCUT2D eigenvalue weighted by atomic mass is 9.78. The summed E-state index contributed by atoms with van der Waals surface area (Å²) >= 11 is 0. The molecule has 2 aliphatic rings. The van der Waals surface area contributed by atoms with Gasteiger partial charge in [-0.2, -0.15) is 15.4 Å². The lowest BCUT2D eigenvalue weighted by Crippen LogP contribution is -2.50. The van der Waals surface area contributed by atoms with Crippen LogP contribution < -0.4 is 0 Å². The van der Waals surface area contributed by atoms with Crippen LogP contribution >= 0.6 is 0 Å². The van der Waals surface area contributed by atoms with Crippen LogP contribution in [0.2, 0.25) is 0 Å². The first-order valence-electron chi connectivity index (χ1n) is 9.02. The Labute approximate surface area is 146 Å². The zero-order chi connectivity index (χ0) is 17.4. The Morgan fingerprint density at radius 3 is 2.92 bits per heavy atom. The summed E-state index contributed by atoms with van der Waals surface area (Å²) in [5.74, 6) is 0.213. The van der Waals surface area contributed by atoms with Crippen molar-refractivity contribution in [3.63, 3.8) is 0 Å². The monoisotopic (exact) mass is 341 g/mol. The van der Waals surface area contributed by atoms with Gasteiger partial charge in [0.1, 0.15) is 11.0 Å². The van der Waals surface area contributed by atoms with Crippen molar-refractivity contribution in [2.45, 2.75) is 32.6 Å². The third kappa shape index (κ3) is 2.67. The second-order valence-corrected chi connectivity index (χ2v) is 7.18. The fourth-order valence-electron chi connectivity index (χ4n) is 4.22. The number of nitrogens with one attached hydrogen (secondary N) is 1. The molecule has 1 unspecified atom stereocenters. The number of fused-ring (bicyclic) bond motifs is 1. The van der Waals surface area contributed by atoms with Crippen LogP contribution in [0.25, 0.3) is 11.0 Å². The molecule has 7 nitrogen and oxygen atoms in total. The highest BCUT2D eigenvalue weighted by Gasteiger charge is 2.49. The number of benzene rings is 1. The van der Waals surface area contributed by atoms with Crippen LogP contribution in [0.3, 0.4) is 0 Å². The van der Waals surface area contributed by atoms with Gasteiger partial charge in [-0.3, -0.25) is 9.59 Å². The first kappa shape index (κ1) is 16.1. The zero-order valence-electron chi connectivity index (χ0n) is 14.5. The summed E-state index contributed by atoms with van der Waals surface area (Å²) in [4.78, 5) is 29.7. The second-order valence-electron chi connectivity index (χ2n) is 7.18. The quantitative estimate of drug-likeness (QED) is 0.923. The molecule has 0 saturated carbocycles. The minimum atomic E-state index is -0.374. The molecule has 2 fully saturated rings. The summed E-state index contributed by atoms with van der Waals surface area (Å²) in [6.45, 7) is 4.94. The smallest absolute Gasteiger partial charge is 0.253 e. The number of hydrogen-bond donors (Lipinski definition) is 1. The maximum atomic E-state index is 12.9. The van der Waals surface area contributed by atoms with Crippen LogP contribution in [0.4, 0.5) is 0 Å². The van der Waals surface area contributed by atoms with Crippen LogP contribution in [0.1, 0.15) is 43.0 Å². The zero-order valence-corrected chi connectivity index (χ0v) is 14.5. The van der Waals surface area contributed by atoms with E-state index in [4.69, 9.17) is 0 Å². The summed E-state index contributed by atoms with van der Waals surface area (Å²) in [5, 5.41) is 10.6. The SMILES string of the molecule is CCCN1CCCC2(CCN(C(=O)c3ccc4n[nH]nc4c3)C2)C1=O. The van der Waals surface area contributed by atoms with Gasteiger partial charge in [0.25, 0.3) is 5.91 Å². The molecule has 1 aromatic carbocycles. The Balaban J connectivity index is 1.53. The average molecular weight is 341 g/mol. The number of carbonyl (C=O) groups excluding carboxylic acids is 2. The largest absolute Gasteiger partial charge is 0.342 e. The van der Waals surface area contributed by atoms with E-state index in [0.29, 0.717) is 24.2 Å². The molecule has 2 amide bonds. The van der Waals surface area contributed by atoms with Crippen LogP contribution in [0.5, 0.6) is 0 Å². The van der Waals surface area contributed by atoms with Gasteiger partial charge < -0.3 is 9.80 Å². The van der Waals surface area contributed by atoms with Crippen molar-refractivity contribution in [3.05, 3.63) is 23.8 Å². The molecule has 0 radical (unpaired) electrons. The number of likely N-dealkylation sites (tertiary alicyclic amines) is 2. The van der Waals surface area contributed by atoms with E-state index >= 15 is 0 Å². The van der Waals surface area contributed by atoms with E-state index in [1.165, 1.54) is 0 Å². The van der Waals surface area contributed by atoms with Gasteiger partial charge >= 0.3 is 0 Å². The molecule has 0 bridgehead atoms. The van der Waals surface area contributed by atoms with E-state index < -0.39 is 0 Å². The predicted molar refractivity (Wildman–Crippen MR) is 92.9 cm³/mol. The van der Waals surface area contributed by atoms with E-state index in [-0.39, 0.29) is 17.2 Å². The lowest BCUT2D eigenvalue weighted by Gasteiger charge is -2.39. The summed E-state index contributed by atoms with van der Waals surface area (Å²) in [6, 6.07) is 5.34. The molecule has 4 rings (SSSR count). The normalized spacial score (nSPS) is 23.8. The second kappa shape index (κ2) is 6.13. The van der Waals surface area contributed by atoms with Crippen molar-refractivity contribution in [3.8, 4) is 0 Å². The third-order valence-electron chi connectivity index (χ3n) is 5.52. The van der Waals surface area contributed by atoms with E-state index in [1.807, 2.05) is 9.80 Å². The van der Waals surface area contributed by atoms with Gasteiger partial charge in [0.05, 0.1) is 5.41 Å². The molecule has 1 atom stereocenters. The van der Waals surface area contributed by atoms with Crippen LogP contribution in [-0.4, -0.2) is 63.2 Å². The van der Waals surface area contributed by atoms with E-state index in [9.17, 15) is 9.59 Å². The fourth-order valence-corrected chi connectivity index (χ4v) is 4.22. The third-order valence-corrected chi connectivity index (χ3v) is 5.52. The summed E-state index contributed by atoms with van der Waals surface area (Å²) < 4.78 is 0. The van der Waals surface area contributed by atoms with Gasteiger partial charge in [-0.25, -0.2) is 0 Å². The Morgan fingerprint density at radius 2 is 2.08 bits per heavy atom. The molecule has 1 aromatic heterocycles.